The molecule has 0 fully saturated rings. The van der Waals surface area contributed by atoms with E-state index in [4.69, 9.17) is 18.2 Å². The Balaban J connectivity index is 1.59. The summed E-state index contributed by atoms with van der Waals surface area (Å²) in [6, 6.07) is 14.0. The highest BCUT2D eigenvalue weighted by atomic mass is 32.2. The molecule has 6 N–H and O–H groups in total. The topological polar surface area (TPSA) is 242 Å². The third-order valence-electron chi connectivity index (χ3n) is 4.89. The summed E-state index contributed by atoms with van der Waals surface area (Å²) in [6.07, 6.45) is -0.219. The molecule has 0 aliphatic heterocycles. The molecular formula is C22H24N5O11PS3. The van der Waals surface area contributed by atoms with Gasteiger partial charge in [-0.05, 0) is 54.6 Å². The lowest BCUT2D eigenvalue weighted by molar-refractivity contribution is -0.116. The van der Waals surface area contributed by atoms with Crippen LogP contribution >= 0.6 is 7.60 Å². The van der Waals surface area contributed by atoms with Crippen molar-refractivity contribution >= 4 is 74.2 Å². The van der Waals surface area contributed by atoms with Crippen molar-refractivity contribution in [3.8, 4) is 5.75 Å². The second-order valence-corrected chi connectivity index (χ2v) is 12.7. The number of nitrogens with zero attached hydrogens (tertiary/aromatic N) is 2. The van der Waals surface area contributed by atoms with Gasteiger partial charge in [0.05, 0.1) is 40.3 Å². The number of hydrogen-bond donors (Lipinski definition) is 6. The zero-order valence-electron chi connectivity index (χ0n) is 21.4. The predicted octanol–water partition coefficient (Wildman–Crippen LogP) is 2.56. The van der Waals surface area contributed by atoms with Crippen molar-refractivity contribution in [1.29, 1.82) is 0 Å². The molecule has 0 radical (unpaired) electrons. The van der Waals surface area contributed by atoms with E-state index in [1.807, 2.05) is 0 Å². The summed E-state index contributed by atoms with van der Waals surface area (Å²) in [5.74, 6) is -0.654. The van der Waals surface area contributed by atoms with Crippen LogP contribution in [0, 0.1) is 0 Å². The molecule has 0 heterocycles. The maximum absolute atomic E-state index is 12.6. The summed E-state index contributed by atoms with van der Waals surface area (Å²) in [5.41, 5.74) is 0.826. The number of carbonyl (C=O) groups excluding carboxylic acids is 1. The van der Waals surface area contributed by atoms with Crippen molar-refractivity contribution in [1.82, 2.24) is 0 Å². The zero-order chi connectivity index (χ0) is 30.9. The van der Waals surface area contributed by atoms with Crippen LogP contribution in [0.1, 0.15) is 6.42 Å². The molecule has 3 aromatic carbocycles. The predicted molar refractivity (Wildman–Crippen MR) is 155 cm³/mol. The van der Waals surface area contributed by atoms with Crippen LogP contribution in [-0.4, -0.2) is 50.7 Å². The van der Waals surface area contributed by atoms with E-state index in [1.165, 1.54) is 61.6 Å². The fraction of sp³-hybridized carbons (Fsp3) is 0.136. The quantitative estimate of drug-likeness (QED) is 0.0833. The normalized spacial score (nSPS) is 13.3. The van der Waals surface area contributed by atoms with Crippen molar-refractivity contribution in [2.45, 2.75) is 11.3 Å². The molecule has 2 unspecified atom stereocenters. The van der Waals surface area contributed by atoms with E-state index >= 15 is 0 Å². The number of hydrogen-bond acceptors (Lipinski definition) is 10. The number of rotatable bonds is 14. The highest BCUT2D eigenvalue weighted by molar-refractivity contribution is 7.85. The minimum atomic E-state index is -4.51. The lowest BCUT2D eigenvalue weighted by atomic mass is 10.2. The molecular weight excluding hydrogens is 637 g/mol. The SMILES string of the molecule is CN=Nc1ccc(NS(=O)Oc2cccc(S(=O)(=O)O)c2)c(NS(=O)OCCC(=O)Nc2ccc(P(=O)(O)O)cc2)c1. The Hall–Kier alpha value is -3.55. The highest BCUT2D eigenvalue weighted by Gasteiger charge is 2.17. The van der Waals surface area contributed by atoms with Crippen LogP contribution in [0.5, 0.6) is 5.75 Å². The van der Waals surface area contributed by atoms with Gasteiger partial charge in [0, 0.05) is 18.8 Å². The largest absolute Gasteiger partial charge is 0.385 e. The minimum absolute atomic E-state index is 0.0940. The van der Waals surface area contributed by atoms with Crippen LogP contribution in [0.15, 0.2) is 81.9 Å². The van der Waals surface area contributed by atoms with Crippen molar-refractivity contribution in [2.24, 2.45) is 10.2 Å². The van der Waals surface area contributed by atoms with E-state index in [-0.39, 0.29) is 41.1 Å². The molecule has 0 spiro atoms. The molecule has 20 heteroatoms. The second-order valence-electron chi connectivity index (χ2n) is 7.95. The van der Waals surface area contributed by atoms with Gasteiger partial charge in [-0.15, -0.1) is 0 Å². The first-order valence-corrected chi connectivity index (χ1v) is 16.6. The molecule has 0 saturated heterocycles. The highest BCUT2D eigenvalue weighted by Crippen LogP contribution is 2.33. The van der Waals surface area contributed by atoms with Gasteiger partial charge in [0.1, 0.15) is 5.75 Å². The van der Waals surface area contributed by atoms with Crippen molar-refractivity contribution in [3.05, 3.63) is 66.7 Å². The third kappa shape index (κ3) is 10.4. The van der Waals surface area contributed by atoms with Crippen LogP contribution in [0.2, 0.25) is 0 Å². The maximum Gasteiger partial charge on any atom is 0.356 e. The van der Waals surface area contributed by atoms with Crippen LogP contribution in [0.3, 0.4) is 0 Å². The van der Waals surface area contributed by atoms with E-state index in [0.29, 0.717) is 5.69 Å². The van der Waals surface area contributed by atoms with Gasteiger partial charge in [-0.2, -0.15) is 22.9 Å². The Bertz CT molecular complexity index is 1660. The van der Waals surface area contributed by atoms with Gasteiger partial charge in [0.2, 0.25) is 5.91 Å². The minimum Gasteiger partial charge on any atom is -0.385 e. The molecule has 226 valence electrons. The number of azo groups is 1. The maximum atomic E-state index is 12.6. The van der Waals surface area contributed by atoms with E-state index in [9.17, 15) is 30.7 Å². The van der Waals surface area contributed by atoms with Gasteiger partial charge in [-0.1, -0.05) is 6.07 Å². The summed E-state index contributed by atoms with van der Waals surface area (Å²) >= 11 is -4.49. The van der Waals surface area contributed by atoms with E-state index < -0.39 is 51.0 Å². The second kappa shape index (κ2) is 14.6. The van der Waals surface area contributed by atoms with Gasteiger partial charge < -0.3 is 19.3 Å². The summed E-state index contributed by atoms with van der Waals surface area (Å²) in [7, 11) is -7.50. The first-order valence-electron chi connectivity index (χ1n) is 11.4. The molecule has 3 aromatic rings. The van der Waals surface area contributed by atoms with Crippen LogP contribution < -0.4 is 24.2 Å². The van der Waals surface area contributed by atoms with Gasteiger partial charge in [-0.3, -0.25) is 27.5 Å². The lowest BCUT2D eigenvalue weighted by Gasteiger charge is -2.14. The summed E-state index contributed by atoms with van der Waals surface area (Å²) < 4.78 is 83.5. The molecule has 0 aromatic heterocycles. The Morgan fingerprint density at radius 1 is 0.976 bits per heavy atom. The summed E-state index contributed by atoms with van der Waals surface area (Å²) in [5, 5.41) is 9.83. The van der Waals surface area contributed by atoms with Gasteiger partial charge in [0.15, 0.2) is 0 Å². The molecule has 0 aliphatic carbocycles. The third-order valence-corrected chi connectivity index (χ3v) is 8.21. The van der Waals surface area contributed by atoms with E-state index in [2.05, 4.69) is 25.0 Å². The zero-order valence-corrected chi connectivity index (χ0v) is 24.8. The van der Waals surface area contributed by atoms with Crippen molar-refractivity contribution in [3.63, 3.8) is 0 Å². The molecule has 0 bridgehead atoms. The monoisotopic (exact) mass is 661 g/mol. The number of carbonyl (C=O) groups is 1. The first-order chi connectivity index (χ1) is 19.7. The Labute approximate surface area is 245 Å². The van der Waals surface area contributed by atoms with Crippen molar-refractivity contribution in [2.75, 3.05) is 28.4 Å². The van der Waals surface area contributed by atoms with Gasteiger partial charge in [0.25, 0.3) is 21.4 Å². The van der Waals surface area contributed by atoms with Crippen LogP contribution in [-0.2, 0) is 46.2 Å². The number of nitrogens with one attached hydrogen (secondary N) is 3. The Kier molecular flexibility index (Phi) is 11.4. The molecule has 2 atom stereocenters. The number of anilines is 3. The van der Waals surface area contributed by atoms with Crippen LogP contribution in [0.4, 0.5) is 22.7 Å². The molecule has 16 nitrogen and oxygen atoms in total. The molecule has 3 rings (SSSR count). The first kappa shape index (κ1) is 33.0. The Morgan fingerprint density at radius 2 is 1.67 bits per heavy atom. The molecule has 0 saturated carbocycles. The number of benzene rings is 3. The van der Waals surface area contributed by atoms with Gasteiger partial charge in [-0.25, -0.2) is 4.21 Å². The lowest BCUT2D eigenvalue weighted by Crippen LogP contribution is -2.18. The molecule has 1 amide bonds. The standard InChI is InChI=1S/C22H24N5O11PS3/c1-23-25-16-7-10-20(26-41(33)38-17-3-2-4-19(14-17)42(34,35)36)21(13-16)27-40(32)37-12-11-22(28)24-15-5-8-18(9-6-15)39(29,30)31/h2-10,13-14,26-27H,11-12H2,1H3,(H,24,28)(H2,29,30,31)(H,34,35,36). The fourth-order valence-corrected chi connectivity index (χ4v) is 5.43. The van der Waals surface area contributed by atoms with Gasteiger partial charge >= 0.3 is 18.9 Å². The molecule has 42 heavy (non-hydrogen) atoms. The van der Waals surface area contributed by atoms with Crippen LogP contribution in [0.25, 0.3) is 0 Å². The average Bonchev–Trinajstić information content (AvgIpc) is 2.90. The average molecular weight is 662 g/mol. The van der Waals surface area contributed by atoms with E-state index in [1.54, 1.807) is 0 Å². The van der Waals surface area contributed by atoms with E-state index in [0.717, 1.165) is 12.1 Å². The van der Waals surface area contributed by atoms with Crippen molar-refractivity contribution < 1.29 is 48.9 Å². The smallest absolute Gasteiger partial charge is 0.356 e. The fourth-order valence-electron chi connectivity index (χ4n) is 3.06. The molecule has 0 aliphatic rings. The number of amides is 1. The summed E-state index contributed by atoms with van der Waals surface area (Å²) in [6.45, 7) is -0.289. The summed E-state index contributed by atoms with van der Waals surface area (Å²) in [4.78, 5) is 30.0. The Morgan fingerprint density at radius 3 is 2.31 bits per heavy atom.